The van der Waals surface area contributed by atoms with E-state index in [1.807, 2.05) is 6.92 Å². The molecule has 0 saturated heterocycles. The van der Waals surface area contributed by atoms with Crippen LogP contribution in [0.4, 0.5) is 8.78 Å². The molecule has 0 aliphatic carbocycles. The number of hydrogen-bond donors (Lipinski definition) is 2. The first-order valence-corrected chi connectivity index (χ1v) is 5.85. The summed E-state index contributed by atoms with van der Waals surface area (Å²) in [5, 5.41) is 5.74. The van der Waals surface area contributed by atoms with Gasteiger partial charge < -0.3 is 10.6 Å². The van der Waals surface area contributed by atoms with Crippen molar-refractivity contribution in [2.75, 3.05) is 13.6 Å². The third-order valence-electron chi connectivity index (χ3n) is 2.91. The zero-order chi connectivity index (χ0) is 13.7. The van der Waals surface area contributed by atoms with Crippen LogP contribution in [0.2, 0.25) is 0 Å². The van der Waals surface area contributed by atoms with Crippen LogP contribution in [0.25, 0.3) is 0 Å². The second-order valence-electron chi connectivity index (χ2n) is 4.33. The molecule has 0 spiro atoms. The molecule has 6 heteroatoms. The van der Waals surface area contributed by atoms with Crippen LogP contribution in [0.15, 0.2) is 18.2 Å². The van der Waals surface area contributed by atoms with Crippen molar-refractivity contribution in [2.24, 2.45) is 0 Å². The van der Waals surface area contributed by atoms with Gasteiger partial charge in [0.25, 0.3) is 0 Å². The number of nitrogens with one attached hydrogen (secondary N) is 2. The van der Waals surface area contributed by atoms with Crippen LogP contribution in [0.3, 0.4) is 0 Å². The summed E-state index contributed by atoms with van der Waals surface area (Å²) in [5.74, 6) is -2.56. The van der Waals surface area contributed by atoms with E-state index in [9.17, 15) is 13.6 Å². The maximum atomic E-state index is 13.1. The summed E-state index contributed by atoms with van der Waals surface area (Å²) in [6, 6.07) is 3.67. The van der Waals surface area contributed by atoms with Crippen LogP contribution in [0, 0.1) is 11.6 Å². The fraction of sp³-hybridized carbons (Fsp3) is 0.462. The molecule has 108 valence electrons. The Hall–Kier alpha value is -1.20. The number of likely N-dealkylation sites (N-methyl/N-ethyl adjacent to an activating group) is 1. The van der Waals surface area contributed by atoms with Crippen LogP contribution in [-0.2, 0) is 4.79 Å². The van der Waals surface area contributed by atoms with Gasteiger partial charge in [0.05, 0.1) is 5.92 Å². The lowest BCUT2D eigenvalue weighted by molar-refractivity contribution is -0.122. The maximum Gasteiger partial charge on any atom is 0.227 e. The molecule has 0 heterocycles. The van der Waals surface area contributed by atoms with E-state index < -0.39 is 17.6 Å². The van der Waals surface area contributed by atoms with Crippen molar-refractivity contribution in [1.82, 2.24) is 10.6 Å². The fourth-order valence-electron chi connectivity index (χ4n) is 1.44. The highest BCUT2D eigenvalue weighted by Crippen LogP contribution is 2.18. The minimum atomic E-state index is -0.934. The molecule has 0 fully saturated rings. The number of rotatable bonds is 5. The standard InChI is InChI=1S/C13H18F2N2O.ClH/c1-8(16-3)7-17-13(18)9(2)10-4-5-11(14)12(15)6-10;/h4-6,8-9,16H,7H2,1-3H3,(H,17,18);1H. The molecule has 1 amide bonds. The van der Waals surface area contributed by atoms with Crippen molar-refractivity contribution in [1.29, 1.82) is 0 Å². The van der Waals surface area contributed by atoms with Crippen molar-refractivity contribution in [3.8, 4) is 0 Å². The lowest BCUT2D eigenvalue weighted by Gasteiger charge is -2.15. The van der Waals surface area contributed by atoms with Gasteiger partial charge in [-0.1, -0.05) is 6.07 Å². The van der Waals surface area contributed by atoms with E-state index in [0.29, 0.717) is 12.1 Å². The topological polar surface area (TPSA) is 41.1 Å². The average Bonchev–Trinajstić information content (AvgIpc) is 2.37. The van der Waals surface area contributed by atoms with Crippen LogP contribution in [0.1, 0.15) is 25.3 Å². The van der Waals surface area contributed by atoms with Crippen LogP contribution >= 0.6 is 12.4 Å². The predicted molar refractivity (Wildman–Crippen MR) is 73.6 cm³/mol. The number of halogens is 3. The molecule has 0 radical (unpaired) electrons. The summed E-state index contributed by atoms with van der Waals surface area (Å²) in [4.78, 5) is 11.8. The molecular formula is C13H19ClF2N2O. The summed E-state index contributed by atoms with van der Waals surface area (Å²) in [6.07, 6.45) is 0. The molecule has 3 nitrogen and oxygen atoms in total. The second kappa shape index (κ2) is 8.07. The minimum absolute atomic E-state index is 0. The number of carbonyl (C=O) groups is 1. The monoisotopic (exact) mass is 292 g/mol. The fourth-order valence-corrected chi connectivity index (χ4v) is 1.44. The first kappa shape index (κ1) is 17.8. The lowest BCUT2D eigenvalue weighted by Crippen LogP contribution is -2.38. The zero-order valence-electron chi connectivity index (χ0n) is 11.2. The Kier molecular flexibility index (Phi) is 7.56. The van der Waals surface area contributed by atoms with Crippen molar-refractivity contribution in [3.63, 3.8) is 0 Å². The molecule has 0 aliphatic rings. The number of amides is 1. The van der Waals surface area contributed by atoms with E-state index >= 15 is 0 Å². The Balaban J connectivity index is 0.00000324. The van der Waals surface area contributed by atoms with Gasteiger partial charge >= 0.3 is 0 Å². The van der Waals surface area contributed by atoms with Crippen LogP contribution in [0.5, 0.6) is 0 Å². The molecule has 2 N–H and O–H groups in total. The quantitative estimate of drug-likeness (QED) is 0.874. The molecular weight excluding hydrogens is 274 g/mol. The maximum absolute atomic E-state index is 13.1. The highest BCUT2D eigenvalue weighted by Gasteiger charge is 2.17. The summed E-state index contributed by atoms with van der Waals surface area (Å²) in [6.45, 7) is 4.08. The highest BCUT2D eigenvalue weighted by molar-refractivity contribution is 5.85. The van der Waals surface area contributed by atoms with E-state index in [4.69, 9.17) is 0 Å². The Morgan fingerprint density at radius 1 is 1.26 bits per heavy atom. The van der Waals surface area contributed by atoms with Gasteiger partial charge in [-0.25, -0.2) is 8.78 Å². The van der Waals surface area contributed by atoms with E-state index in [1.54, 1.807) is 14.0 Å². The van der Waals surface area contributed by atoms with Crippen molar-refractivity contribution < 1.29 is 13.6 Å². The van der Waals surface area contributed by atoms with Gasteiger partial charge in [0.1, 0.15) is 0 Å². The van der Waals surface area contributed by atoms with Gasteiger partial charge in [0.2, 0.25) is 5.91 Å². The normalized spacial score (nSPS) is 13.3. The third kappa shape index (κ3) is 5.12. The first-order valence-electron chi connectivity index (χ1n) is 5.85. The first-order chi connectivity index (χ1) is 8.45. The largest absolute Gasteiger partial charge is 0.354 e. The van der Waals surface area contributed by atoms with Crippen molar-refractivity contribution >= 4 is 18.3 Å². The molecule has 0 aromatic heterocycles. The zero-order valence-corrected chi connectivity index (χ0v) is 12.0. The molecule has 0 bridgehead atoms. The molecule has 19 heavy (non-hydrogen) atoms. The third-order valence-corrected chi connectivity index (χ3v) is 2.91. The molecule has 1 aromatic carbocycles. The van der Waals surface area contributed by atoms with E-state index in [2.05, 4.69) is 10.6 Å². The number of hydrogen-bond acceptors (Lipinski definition) is 2. The van der Waals surface area contributed by atoms with Crippen LogP contribution in [-0.4, -0.2) is 25.5 Å². The van der Waals surface area contributed by atoms with E-state index in [0.717, 1.165) is 12.1 Å². The van der Waals surface area contributed by atoms with Crippen molar-refractivity contribution in [3.05, 3.63) is 35.4 Å². The molecule has 1 rings (SSSR count). The molecule has 0 saturated carbocycles. The lowest BCUT2D eigenvalue weighted by atomic mass is 10.00. The summed E-state index contributed by atoms with van der Waals surface area (Å²) in [5.41, 5.74) is 0.462. The number of benzene rings is 1. The Morgan fingerprint density at radius 3 is 2.42 bits per heavy atom. The highest BCUT2D eigenvalue weighted by atomic mass is 35.5. The summed E-state index contributed by atoms with van der Waals surface area (Å²) < 4.78 is 25.8. The minimum Gasteiger partial charge on any atom is -0.354 e. The number of carbonyl (C=O) groups excluding carboxylic acids is 1. The summed E-state index contributed by atoms with van der Waals surface area (Å²) >= 11 is 0. The van der Waals surface area contributed by atoms with Gasteiger partial charge in [-0.15, -0.1) is 12.4 Å². The molecule has 1 aromatic rings. The SMILES string of the molecule is CNC(C)CNC(=O)C(C)c1ccc(F)c(F)c1.Cl. The Bertz CT molecular complexity index is 429. The second-order valence-corrected chi connectivity index (χ2v) is 4.33. The molecule has 2 unspecified atom stereocenters. The van der Waals surface area contributed by atoms with Gasteiger partial charge in [-0.05, 0) is 38.6 Å². The molecule has 2 atom stereocenters. The predicted octanol–water partition coefficient (Wildman–Crippen LogP) is 2.21. The van der Waals surface area contributed by atoms with Gasteiger partial charge in [0.15, 0.2) is 11.6 Å². The summed E-state index contributed by atoms with van der Waals surface area (Å²) in [7, 11) is 1.80. The van der Waals surface area contributed by atoms with E-state index in [-0.39, 0.29) is 24.4 Å². The average molecular weight is 293 g/mol. The van der Waals surface area contributed by atoms with Gasteiger partial charge in [-0.3, -0.25) is 4.79 Å². The smallest absolute Gasteiger partial charge is 0.227 e. The van der Waals surface area contributed by atoms with E-state index in [1.165, 1.54) is 6.07 Å². The van der Waals surface area contributed by atoms with Gasteiger partial charge in [-0.2, -0.15) is 0 Å². The Labute approximate surface area is 118 Å². The van der Waals surface area contributed by atoms with Gasteiger partial charge in [0, 0.05) is 12.6 Å². The van der Waals surface area contributed by atoms with Crippen LogP contribution < -0.4 is 10.6 Å². The Morgan fingerprint density at radius 2 is 1.89 bits per heavy atom. The molecule has 0 aliphatic heterocycles. The van der Waals surface area contributed by atoms with Crippen molar-refractivity contribution in [2.45, 2.75) is 25.8 Å².